The van der Waals surface area contributed by atoms with Crippen molar-refractivity contribution in [2.75, 3.05) is 26.2 Å². The van der Waals surface area contributed by atoms with Crippen molar-refractivity contribution >= 4 is 35.3 Å². The maximum absolute atomic E-state index is 13.7. The van der Waals surface area contributed by atoms with Crippen LogP contribution in [0, 0.1) is 0 Å². The predicted octanol–water partition coefficient (Wildman–Crippen LogP) is 7.38. The van der Waals surface area contributed by atoms with Crippen molar-refractivity contribution in [1.82, 2.24) is 0 Å². The summed E-state index contributed by atoms with van der Waals surface area (Å²) in [6.07, 6.45) is 4.00. The van der Waals surface area contributed by atoms with Crippen LogP contribution in [0.2, 0.25) is 5.02 Å². The van der Waals surface area contributed by atoms with Gasteiger partial charge < -0.3 is 19.1 Å². The molecule has 0 aliphatic carbocycles. The Kier molecular flexibility index (Phi) is 8.49. The summed E-state index contributed by atoms with van der Waals surface area (Å²) >= 11 is 6.07. The summed E-state index contributed by atoms with van der Waals surface area (Å²) < 4.78 is 16.6. The van der Waals surface area contributed by atoms with Crippen LogP contribution in [0.4, 0.5) is 5.69 Å². The zero-order valence-electron chi connectivity index (χ0n) is 21.0. The van der Waals surface area contributed by atoms with E-state index in [0.717, 1.165) is 28.1 Å². The lowest BCUT2D eigenvalue weighted by Crippen LogP contribution is -2.31. The van der Waals surface area contributed by atoms with Crippen molar-refractivity contribution in [1.29, 1.82) is 0 Å². The number of ether oxygens (including phenoxy) is 3. The number of carbonyl (C=O) groups excluding carboxylic acids is 1. The molecule has 0 spiro atoms. The Hall–Kier alpha value is -4.22. The molecular formula is C31H28ClNO4. The van der Waals surface area contributed by atoms with E-state index < -0.39 is 0 Å². The molecule has 0 bridgehead atoms. The Morgan fingerprint density at radius 2 is 1.46 bits per heavy atom. The Bertz CT molecular complexity index is 1370. The highest BCUT2D eigenvalue weighted by Crippen LogP contribution is 2.33. The van der Waals surface area contributed by atoms with Gasteiger partial charge in [0.1, 0.15) is 17.2 Å². The zero-order valence-corrected chi connectivity index (χ0v) is 21.7. The van der Waals surface area contributed by atoms with Gasteiger partial charge in [0, 0.05) is 27.9 Å². The Balaban J connectivity index is 1.78. The molecule has 1 amide bonds. The van der Waals surface area contributed by atoms with Gasteiger partial charge in [-0.25, -0.2) is 0 Å². The van der Waals surface area contributed by atoms with E-state index in [1.807, 2.05) is 78.9 Å². The maximum Gasteiger partial charge on any atom is 0.258 e. The first-order valence-corrected chi connectivity index (χ1v) is 12.1. The molecule has 0 atom stereocenters. The van der Waals surface area contributed by atoms with Crippen molar-refractivity contribution in [3.05, 3.63) is 118 Å². The molecule has 0 saturated heterocycles. The van der Waals surface area contributed by atoms with Crippen molar-refractivity contribution in [3.63, 3.8) is 0 Å². The standard InChI is InChI=1S/C31H28ClNO4/c1-35-27-17-10-22(11-18-27)9-12-24-19-28(36-2)20-30(37-3)29(24)21-33(26-7-5-4-6-8-26)31(34)23-13-15-25(32)16-14-23/h4-20H,21H2,1-3H3. The average molecular weight is 514 g/mol. The smallest absolute Gasteiger partial charge is 0.258 e. The topological polar surface area (TPSA) is 48.0 Å². The fraction of sp³-hybridized carbons (Fsp3) is 0.129. The van der Waals surface area contributed by atoms with E-state index in [4.69, 9.17) is 25.8 Å². The highest BCUT2D eigenvalue weighted by atomic mass is 35.5. The molecule has 4 rings (SSSR count). The summed E-state index contributed by atoms with van der Waals surface area (Å²) in [4.78, 5) is 15.5. The number of carbonyl (C=O) groups is 1. The molecule has 0 saturated carbocycles. The summed E-state index contributed by atoms with van der Waals surface area (Å²) in [6.45, 7) is 0.279. The third-order valence-corrected chi connectivity index (χ3v) is 6.22. The number of hydrogen-bond donors (Lipinski definition) is 0. The lowest BCUT2D eigenvalue weighted by Gasteiger charge is -2.25. The van der Waals surface area contributed by atoms with Gasteiger partial charge in [-0.15, -0.1) is 0 Å². The predicted molar refractivity (Wildman–Crippen MR) is 150 cm³/mol. The van der Waals surface area contributed by atoms with Gasteiger partial charge in [-0.2, -0.15) is 0 Å². The quantitative estimate of drug-likeness (QED) is 0.219. The van der Waals surface area contributed by atoms with E-state index in [9.17, 15) is 4.79 Å². The van der Waals surface area contributed by atoms with E-state index in [0.29, 0.717) is 22.1 Å². The van der Waals surface area contributed by atoms with Crippen LogP contribution in [0.25, 0.3) is 12.2 Å². The molecule has 0 aromatic heterocycles. The Morgan fingerprint density at radius 3 is 2.08 bits per heavy atom. The molecule has 0 aliphatic heterocycles. The molecule has 0 N–H and O–H groups in total. The van der Waals surface area contributed by atoms with E-state index in [2.05, 4.69) is 0 Å². The minimum absolute atomic E-state index is 0.147. The zero-order chi connectivity index (χ0) is 26.2. The molecule has 4 aromatic carbocycles. The minimum Gasteiger partial charge on any atom is -0.497 e. The summed E-state index contributed by atoms with van der Waals surface area (Å²) in [7, 11) is 4.87. The molecule has 37 heavy (non-hydrogen) atoms. The van der Waals surface area contributed by atoms with Crippen molar-refractivity contribution in [3.8, 4) is 17.2 Å². The largest absolute Gasteiger partial charge is 0.497 e. The van der Waals surface area contributed by atoms with Crippen LogP contribution in [0.1, 0.15) is 27.0 Å². The van der Waals surface area contributed by atoms with E-state index in [-0.39, 0.29) is 12.5 Å². The van der Waals surface area contributed by atoms with Crippen molar-refractivity contribution in [2.45, 2.75) is 6.54 Å². The number of halogens is 1. The molecule has 0 radical (unpaired) electrons. The van der Waals surface area contributed by atoms with Crippen LogP contribution >= 0.6 is 11.6 Å². The molecule has 5 nitrogen and oxygen atoms in total. The van der Waals surface area contributed by atoms with Gasteiger partial charge in [0.2, 0.25) is 0 Å². The maximum atomic E-state index is 13.7. The van der Waals surface area contributed by atoms with Gasteiger partial charge in [0.15, 0.2) is 0 Å². The van der Waals surface area contributed by atoms with Crippen LogP contribution in [-0.2, 0) is 6.54 Å². The molecular weight excluding hydrogens is 486 g/mol. The highest BCUT2D eigenvalue weighted by molar-refractivity contribution is 6.30. The van der Waals surface area contributed by atoms with Crippen LogP contribution in [0.5, 0.6) is 17.2 Å². The SMILES string of the molecule is COc1ccc(C=Cc2cc(OC)cc(OC)c2CN(C(=O)c2ccc(Cl)cc2)c2ccccc2)cc1. The molecule has 6 heteroatoms. The molecule has 188 valence electrons. The van der Waals surface area contributed by atoms with Gasteiger partial charge in [-0.3, -0.25) is 4.79 Å². The van der Waals surface area contributed by atoms with E-state index >= 15 is 0 Å². The second-order valence-electron chi connectivity index (χ2n) is 8.24. The summed E-state index contributed by atoms with van der Waals surface area (Å²) in [5.41, 5.74) is 4.03. The average Bonchev–Trinajstić information content (AvgIpc) is 2.95. The van der Waals surface area contributed by atoms with E-state index in [1.165, 1.54) is 0 Å². The Morgan fingerprint density at radius 1 is 0.784 bits per heavy atom. The molecule has 0 unspecified atom stereocenters. The first-order chi connectivity index (χ1) is 18.0. The Labute approximate surface area is 222 Å². The van der Waals surface area contributed by atoms with E-state index in [1.54, 1.807) is 50.5 Å². The van der Waals surface area contributed by atoms with Crippen LogP contribution < -0.4 is 19.1 Å². The number of para-hydroxylation sites is 1. The second kappa shape index (κ2) is 12.2. The van der Waals surface area contributed by atoms with Gasteiger partial charge in [0.25, 0.3) is 5.91 Å². The first kappa shape index (κ1) is 25.9. The first-order valence-electron chi connectivity index (χ1n) is 11.7. The van der Waals surface area contributed by atoms with Gasteiger partial charge in [-0.05, 0) is 65.7 Å². The van der Waals surface area contributed by atoms with Crippen molar-refractivity contribution in [2.24, 2.45) is 0 Å². The molecule has 0 aliphatic rings. The fourth-order valence-electron chi connectivity index (χ4n) is 3.95. The van der Waals surface area contributed by atoms with Crippen LogP contribution in [0.3, 0.4) is 0 Å². The third kappa shape index (κ3) is 6.32. The number of rotatable bonds is 9. The molecule has 4 aromatic rings. The lowest BCUT2D eigenvalue weighted by atomic mass is 10.0. The summed E-state index contributed by atoms with van der Waals surface area (Å²) in [5, 5.41) is 0.575. The minimum atomic E-state index is -0.147. The molecule has 0 fully saturated rings. The van der Waals surface area contributed by atoms with Crippen molar-refractivity contribution < 1.29 is 19.0 Å². The third-order valence-electron chi connectivity index (χ3n) is 5.96. The second-order valence-corrected chi connectivity index (χ2v) is 8.67. The summed E-state index contributed by atoms with van der Waals surface area (Å²) in [5.74, 6) is 1.93. The number of anilines is 1. The highest BCUT2D eigenvalue weighted by Gasteiger charge is 2.22. The van der Waals surface area contributed by atoms with Crippen LogP contribution in [0.15, 0.2) is 91.0 Å². The molecule has 0 heterocycles. The van der Waals surface area contributed by atoms with Crippen LogP contribution in [-0.4, -0.2) is 27.2 Å². The number of amides is 1. The fourth-order valence-corrected chi connectivity index (χ4v) is 4.08. The number of methoxy groups -OCH3 is 3. The number of hydrogen-bond acceptors (Lipinski definition) is 4. The number of nitrogens with zero attached hydrogens (tertiary/aromatic N) is 1. The summed E-state index contributed by atoms with van der Waals surface area (Å²) in [6, 6.07) is 28.0. The van der Waals surface area contributed by atoms with Gasteiger partial charge in [0.05, 0.1) is 27.9 Å². The van der Waals surface area contributed by atoms with Gasteiger partial charge in [-0.1, -0.05) is 54.1 Å². The normalized spacial score (nSPS) is 10.8. The number of benzene rings is 4. The van der Waals surface area contributed by atoms with Gasteiger partial charge >= 0.3 is 0 Å². The monoisotopic (exact) mass is 513 g/mol. The lowest BCUT2D eigenvalue weighted by molar-refractivity contribution is 0.0985.